The van der Waals surface area contributed by atoms with E-state index in [1.807, 2.05) is 12.3 Å². The number of aryl methyl sites for hydroxylation is 3. The number of benzene rings is 1. The molecule has 0 saturated carbocycles. The van der Waals surface area contributed by atoms with Gasteiger partial charge in [0.2, 0.25) is 0 Å². The number of hydrogen-bond acceptors (Lipinski definition) is 1. The molecule has 0 spiro atoms. The third kappa shape index (κ3) is 1.21. The van der Waals surface area contributed by atoms with Crippen molar-refractivity contribution >= 4 is 10.9 Å². The van der Waals surface area contributed by atoms with Gasteiger partial charge in [-0.05, 0) is 43.5 Å². The summed E-state index contributed by atoms with van der Waals surface area (Å²) < 4.78 is 0. The molecular weight excluding hydrogens is 158 g/mol. The topological polar surface area (TPSA) is 12.9 Å². The standard InChI is InChI=1S/C12H13N/c1-8-7-9(2)12-11(10(8)3)5-4-6-13-12/h4-7H,1-3H3. The summed E-state index contributed by atoms with van der Waals surface area (Å²) in [7, 11) is 0. The zero-order chi connectivity index (χ0) is 9.42. The molecule has 1 heterocycles. The number of aromatic nitrogens is 1. The Morgan fingerprint density at radius 3 is 2.62 bits per heavy atom. The van der Waals surface area contributed by atoms with Crippen molar-refractivity contribution in [3.05, 3.63) is 41.1 Å². The maximum Gasteiger partial charge on any atom is 0.0733 e. The van der Waals surface area contributed by atoms with Crippen LogP contribution in [0.15, 0.2) is 24.4 Å². The number of nitrogens with zero attached hydrogens (tertiary/aromatic N) is 1. The van der Waals surface area contributed by atoms with Crippen molar-refractivity contribution in [2.24, 2.45) is 0 Å². The van der Waals surface area contributed by atoms with E-state index in [0.717, 1.165) is 5.52 Å². The van der Waals surface area contributed by atoms with Crippen LogP contribution in [0.1, 0.15) is 16.7 Å². The first kappa shape index (κ1) is 8.24. The van der Waals surface area contributed by atoms with Crippen LogP contribution in [0.25, 0.3) is 10.9 Å². The highest BCUT2D eigenvalue weighted by Gasteiger charge is 2.03. The van der Waals surface area contributed by atoms with E-state index in [-0.39, 0.29) is 0 Å². The fourth-order valence-corrected chi connectivity index (χ4v) is 1.74. The van der Waals surface area contributed by atoms with Gasteiger partial charge >= 0.3 is 0 Å². The van der Waals surface area contributed by atoms with Crippen LogP contribution in [0.2, 0.25) is 0 Å². The van der Waals surface area contributed by atoms with Crippen molar-refractivity contribution in [1.82, 2.24) is 4.98 Å². The minimum Gasteiger partial charge on any atom is -0.256 e. The van der Waals surface area contributed by atoms with Crippen LogP contribution < -0.4 is 0 Å². The third-order valence-corrected chi connectivity index (χ3v) is 2.61. The molecule has 1 aromatic heterocycles. The summed E-state index contributed by atoms with van der Waals surface area (Å²) in [6.45, 7) is 6.41. The van der Waals surface area contributed by atoms with Gasteiger partial charge in [-0.3, -0.25) is 4.98 Å². The zero-order valence-corrected chi connectivity index (χ0v) is 8.26. The molecule has 2 aromatic rings. The first-order valence-corrected chi connectivity index (χ1v) is 4.51. The van der Waals surface area contributed by atoms with Crippen LogP contribution in [0.4, 0.5) is 0 Å². The first-order valence-electron chi connectivity index (χ1n) is 4.51. The summed E-state index contributed by atoms with van der Waals surface area (Å²) >= 11 is 0. The molecular formula is C12H13N. The Labute approximate surface area is 78.4 Å². The average Bonchev–Trinajstić information content (AvgIpc) is 2.15. The highest BCUT2D eigenvalue weighted by Crippen LogP contribution is 2.22. The number of fused-ring (bicyclic) bond motifs is 1. The van der Waals surface area contributed by atoms with Gasteiger partial charge in [-0.15, -0.1) is 0 Å². The van der Waals surface area contributed by atoms with Gasteiger partial charge in [-0.2, -0.15) is 0 Å². The summed E-state index contributed by atoms with van der Waals surface area (Å²) in [6, 6.07) is 6.33. The van der Waals surface area contributed by atoms with E-state index >= 15 is 0 Å². The lowest BCUT2D eigenvalue weighted by molar-refractivity contribution is 1.30. The Balaban J connectivity index is 2.97. The van der Waals surface area contributed by atoms with Gasteiger partial charge in [-0.1, -0.05) is 12.1 Å². The van der Waals surface area contributed by atoms with Crippen molar-refractivity contribution in [3.63, 3.8) is 0 Å². The maximum absolute atomic E-state index is 4.38. The Hall–Kier alpha value is -1.37. The molecule has 0 fully saturated rings. The fraction of sp³-hybridized carbons (Fsp3) is 0.250. The molecule has 1 nitrogen and oxygen atoms in total. The number of hydrogen-bond donors (Lipinski definition) is 0. The number of pyridine rings is 1. The Morgan fingerprint density at radius 2 is 1.85 bits per heavy atom. The van der Waals surface area contributed by atoms with Crippen LogP contribution >= 0.6 is 0 Å². The number of rotatable bonds is 0. The van der Waals surface area contributed by atoms with Crippen molar-refractivity contribution in [3.8, 4) is 0 Å². The van der Waals surface area contributed by atoms with Crippen molar-refractivity contribution in [2.45, 2.75) is 20.8 Å². The highest BCUT2D eigenvalue weighted by atomic mass is 14.6. The van der Waals surface area contributed by atoms with E-state index in [1.165, 1.54) is 22.1 Å². The molecule has 13 heavy (non-hydrogen) atoms. The van der Waals surface area contributed by atoms with E-state index in [0.29, 0.717) is 0 Å². The molecule has 0 unspecified atom stereocenters. The Kier molecular flexibility index (Phi) is 1.80. The molecule has 1 aromatic carbocycles. The lowest BCUT2D eigenvalue weighted by atomic mass is 10.0. The molecule has 2 rings (SSSR count). The molecule has 0 atom stereocenters. The van der Waals surface area contributed by atoms with Crippen LogP contribution in [-0.4, -0.2) is 4.98 Å². The quantitative estimate of drug-likeness (QED) is 0.593. The Bertz CT molecular complexity index is 458. The largest absolute Gasteiger partial charge is 0.256 e. The van der Waals surface area contributed by atoms with Gasteiger partial charge < -0.3 is 0 Å². The predicted octanol–water partition coefficient (Wildman–Crippen LogP) is 3.16. The third-order valence-electron chi connectivity index (χ3n) is 2.61. The minimum atomic E-state index is 1.13. The second-order valence-corrected chi connectivity index (χ2v) is 3.53. The predicted molar refractivity (Wildman–Crippen MR) is 56.0 cm³/mol. The molecule has 66 valence electrons. The molecule has 0 radical (unpaired) electrons. The lowest BCUT2D eigenvalue weighted by Crippen LogP contribution is -1.89. The highest BCUT2D eigenvalue weighted by molar-refractivity contribution is 5.85. The molecule has 0 aliphatic carbocycles. The van der Waals surface area contributed by atoms with E-state index in [2.05, 4.69) is 37.9 Å². The van der Waals surface area contributed by atoms with Gasteiger partial charge in [0.15, 0.2) is 0 Å². The normalized spacial score (nSPS) is 10.7. The van der Waals surface area contributed by atoms with Crippen LogP contribution in [0, 0.1) is 20.8 Å². The molecule has 0 aliphatic rings. The molecule has 0 saturated heterocycles. The van der Waals surface area contributed by atoms with Crippen LogP contribution in [0.5, 0.6) is 0 Å². The van der Waals surface area contributed by atoms with E-state index < -0.39 is 0 Å². The molecule has 0 N–H and O–H groups in total. The molecule has 0 bridgehead atoms. The summed E-state index contributed by atoms with van der Waals surface area (Å²) in [5.74, 6) is 0. The van der Waals surface area contributed by atoms with Gasteiger partial charge in [0.05, 0.1) is 5.52 Å². The second-order valence-electron chi connectivity index (χ2n) is 3.53. The van der Waals surface area contributed by atoms with Crippen molar-refractivity contribution < 1.29 is 0 Å². The van der Waals surface area contributed by atoms with Gasteiger partial charge in [-0.25, -0.2) is 0 Å². The summed E-state index contributed by atoms with van der Waals surface area (Å²) in [5, 5.41) is 1.28. The van der Waals surface area contributed by atoms with E-state index in [9.17, 15) is 0 Å². The first-order chi connectivity index (χ1) is 6.20. The van der Waals surface area contributed by atoms with Crippen LogP contribution in [-0.2, 0) is 0 Å². The molecule has 1 heteroatoms. The summed E-state index contributed by atoms with van der Waals surface area (Å²) in [4.78, 5) is 4.38. The summed E-state index contributed by atoms with van der Waals surface area (Å²) in [5.41, 5.74) is 5.08. The maximum atomic E-state index is 4.38. The SMILES string of the molecule is Cc1cc(C)c2ncccc2c1C. The smallest absolute Gasteiger partial charge is 0.0733 e. The van der Waals surface area contributed by atoms with E-state index in [1.54, 1.807) is 0 Å². The summed E-state index contributed by atoms with van der Waals surface area (Å²) in [6.07, 6.45) is 1.85. The van der Waals surface area contributed by atoms with Crippen molar-refractivity contribution in [1.29, 1.82) is 0 Å². The minimum absolute atomic E-state index is 1.13. The molecule has 0 aliphatic heterocycles. The van der Waals surface area contributed by atoms with Gasteiger partial charge in [0, 0.05) is 11.6 Å². The van der Waals surface area contributed by atoms with Crippen molar-refractivity contribution in [2.75, 3.05) is 0 Å². The van der Waals surface area contributed by atoms with E-state index in [4.69, 9.17) is 0 Å². The molecule has 0 amide bonds. The zero-order valence-electron chi connectivity index (χ0n) is 8.26. The monoisotopic (exact) mass is 171 g/mol. The second kappa shape index (κ2) is 2.84. The van der Waals surface area contributed by atoms with Gasteiger partial charge in [0.25, 0.3) is 0 Å². The average molecular weight is 171 g/mol. The van der Waals surface area contributed by atoms with Gasteiger partial charge in [0.1, 0.15) is 0 Å². The Morgan fingerprint density at radius 1 is 1.08 bits per heavy atom. The van der Waals surface area contributed by atoms with Crippen LogP contribution in [0.3, 0.4) is 0 Å². The fourth-order valence-electron chi connectivity index (χ4n) is 1.74. The lowest BCUT2D eigenvalue weighted by Gasteiger charge is -2.07.